The molecule has 6 heteroatoms. The van der Waals surface area contributed by atoms with E-state index in [1.807, 2.05) is 13.8 Å². The van der Waals surface area contributed by atoms with Crippen LogP contribution in [0, 0.1) is 5.41 Å². The zero-order valence-corrected chi connectivity index (χ0v) is 12.8. The third-order valence-corrected chi connectivity index (χ3v) is 3.87. The van der Waals surface area contributed by atoms with E-state index in [0.29, 0.717) is 28.6 Å². The average Bonchev–Trinajstić information content (AvgIpc) is 3.14. The van der Waals surface area contributed by atoms with Gasteiger partial charge in [-0.2, -0.15) is 0 Å². The number of halogens is 2. The fourth-order valence-corrected chi connectivity index (χ4v) is 2.42. The third kappa shape index (κ3) is 2.91. The summed E-state index contributed by atoms with van der Waals surface area (Å²) in [6, 6.07) is 4.96. The first-order valence-electron chi connectivity index (χ1n) is 6.43. The quantitative estimate of drug-likeness (QED) is 0.838. The van der Waals surface area contributed by atoms with Gasteiger partial charge in [0.05, 0.1) is 15.7 Å². The SMILES string of the molecule is CC(C)NC(=O)C1(C(=O)Nc2c(Cl)cccc2Cl)CC1. The van der Waals surface area contributed by atoms with Crippen molar-refractivity contribution in [1.82, 2.24) is 5.32 Å². The normalized spacial score (nSPS) is 15.8. The van der Waals surface area contributed by atoms with Gasteiger partial charge in [0.1, 0.15) is 5.41 Å². The first-order chi connectivity index (χ1) is 9.36. The molecule has 1 aromatic rings. The number of benzene rings is 1. The van der Waals surface area contributed by atoms with E-state index in [4.69, 9.17) is 23.2 Å². The van der Waals surface area contributed by atoms with Gasteiger partial charge in [-0.15, -0.1) is 0 Å². The van der Waals surface area contributed by atoms with Crippen molar-refractivity contribution in [2.24, 2.45) is 5.41 Å². The number of carbonyl (C=O) groups is 2. The lowest BCUT2D eigenvalue weighted by Gasteiger charge is -2.18. The van der Waals surface area contributed by atoms with Crippen LogP contribution < -0.4 is 10.6 Å². The van der Waals surface area contributed by atoms with Gasteiger partial charge in [0.2, 0.25) is 11.8 Å². The molecule has 1 aliphatic rings. The Kier molecular flexibility index (Phi) is 4.25. The van der Waals surface area contributed by atoms with Crippen molar-refractivity contribution >= 4 is 40.7 Å². The molecule has 0 bridgehead atoms. The molecule has 4 nitrogen and oxygen atoms in total. The molecule has 0 heterocycles. The number of para-hydroxylation sites is 1. The smallest absolute Gasteiger partial charge is 0.240 e. The van der Waals surface area contributed by atoms with Gasteiger partial charge >= 0.3 is 0 Å². The number of hydrogen-bond donors (Lipinski definition) is 2. The van der Waals surface area contributed by atoms with Crippen LogP contribution in [-0.2, 0) is 9.59 Å². The molecule has 0 aliphatic heterocycles. The Hall–Kier alpha value is -1.26. The number of anilines is 1. The Morgan fingerprint density at radius 2 is 1.70 bits per heavy atom. The summed E-state index contributed by atoms with van der Waals surface area (Å²) in [5.41, 5.74) is -0.628. The van der Waals surface area contributed by atoms with Crippen LogP contribution in [0.2, 0.25) is 10.0 Å². The van der Waals surface area contributed by atoms with Crippen LogP contribution in [0.3, 0.4) is 0 Å². The van der Waals surface area contributed by atoms with E-state index >= 15 is 0 Å². The zero-order valence-electron chi connectivity index (χ0n) is 11.3. The molecule has 108 valence electrons. The van der Waals surface area contributed by atoms with Gasteiger partial charge in [0.25, 0.3) is 0 Å². The lowest BCUT2D eigenvalue weighted by atomic mass is 10.0. The summed E-state index contributed by atoms with van der Waals surface area (Å²) in [6.07, 6.45) is 1.08. The maximum absolute atomic E-state index is 12.3. The fourth-order valence-electron chi connectivity index (χ4n) is 1.93. The minimum atomic E-state index is -0.979. The topological polar surface area (TPSA) is 58.2 Å². The molecule has 1 aromatic carbocycles. The zero-order chi connectivity index (χ0) is 14.9. The van der Waals surface area contributed by atoms with Gasteiger partial charge in [-0.05, 0) is 38.8 Å². The lowest BCUT2D eigenvalue weighted by Crippen LogP contribution is -2.42. The highest BCUT2D eigenvalue weighted by Gasteiger charge is 2.56. The lowest BCUT2D eigenvalue weighted by molar-refractivity contribution is -0.134. The predicted octanol–water partition coefficient (Wildman–Crippen LogP) is 3.24. The number of carbonyl (C=O) groups excluding carboxylic acids is 2. The van der Waals surface area contributed by atoms with E-state index in [9.17, 15) is 9.59 Å². The molecule has 2 amide bonds. The summed E-state index contributed by atoms with van der Waals surface area (Å²) in [5.74, 6) is -0.598. The van der Waals surface area contributed by atoms with Crippen LogP contribution in [0.25, 0.3) is 0 Å². The molecule has 1 fully saturated rings. The van der Waals surface area contributed by atoms with Crippen LogP contribution >= 0.6 is 23.2 Å². The van der Waals surface area contributed by atoms with Gasteiger partial charge < -0.3 is 10.6 Å². The Morgan fingerprint density at radius 1 is 1.15 bits per heavy atom. The fraction of sp³-hybridized carbons (Fsp3) is 0.429. The number of nitrogens with one attached hydrogen (secondary N) is 2. The second-order valence-corrected chi connectivity index (χ2v) is 6.08. The highest BCUT2D eigenvalue weighted by molar-refractivity contribution is 6.40. The van der Waals surface area contributed by atoms with Gasteiger partial charge in [-0.3, -0.25) is 9.59 Å². The van der Waals surface area contributed by atoms with Gasteiger partial charge in [-0.25, -0.2) is 0 Å². The minimum absolute atomic E-state index is 0.00308. The van der Waals surface area contributed by atoms with E-state index in [2.05, 4.69) is 10.6 Å². The predicted molar refractivity (Wildman–Crippen MR) is 80.0 cm³/mol. The van der Waals surface area contributed by atoms with Gasteiger partial charge in [0, 0.05) is 6.04 Å². The molecule has 0 atom stereocenters. The highest BCUT2D eigenvalue weighted by Crippen LogP contribution is 2.47. The molecule has 0 spiro atoms. The standard InChI is InChI=1S/C14H16Cl2N2O2/c1-8(2)17-12(19)14(6-7-14)13(20)18-11-9(15)4-3-5-10(11)16/h3-5,8H,6-7H2,1-2H3,(H,17,19)(H,18,20). The van der Waals surface area contributed by atoms with Crippen molar-refractivity contribution in [3.63, 3.8) is 0 Å². The Morgan fingerprint density at radius 3 is 2.15 bits per heavy atom. The third-order valence-electron chi connectivity index (χ3n) is 3.24. The summed E-state index contributed by atoms with van der Waals surface area (Å²) in [7, 11) is 0. The van der Waals surface area contributed by atoms with Crippen LogP contribution in [-0.4, -0.2) is 17.9 Å². The Balaban J connectivity index is 2.15. The second-order valence-electron chi connectivity index (χ2n) is 5.26. The van der Waals surface area contributed by atoms with Crippen molar-refractivity contribution < 1.29 is 9.59 Å². The molecule has 0 radical (unpaired) electrons. The summed E-state index contributed by atoms with van der Waals surface area (Å²) in [5, 5.41) is 6.15. The molecule has 1 aliphatic carbocycles. The van der Waals surface area contributed by atoms with E-state index in [1.54, 1.807) is 18.2 Å². The van der Waals surface area contributed by atoms with Crippen molar-refractivity contribution in [3.8, 4) is 0 Å². The molecule has 20 heavy (non-hydrogen) atoms. The number of hydrogen-bond acceptors (Lipinski definition) is 2. The first kappa shape index (κ1) is 15.1. The number of rotatable bonds is 4. The Labute approximate surface area is 127 Å². The summed E-state index contributed by atoms with van der Waals surface area (Å²) in [6.45, 7) is 3.72. The summed E-state index contributed by atoms with van der Waals surface area (Å²) >= 11 is 12.0. The molecule has 2 N–H and O–H groups in total. The van der Waals surface area contributed by atoms with Gasteiger partial charge in [-0.1, -0.05) is 29.3 Å². The molecule has 1 saturated carbocycles. The minimum Gasteiger partial charge on any atom is -0.353 e. The van der Waals surface area contributed by atoms with Crippen LogP contribution in [0.15, 0.2) is 18.2 Å². The largest absolute Gasteiger partial charge is 0.353 e. The van der Waals surface area contributed by atoms with E-state index in [1.165, 1.54) is 0 Å². The van der Waals surface area contributed by atoms with Crippen LogP contribution in [0.5, 0.6) is 0 Å². The number of amides is 2. The van der Waals surface area contributed by atoms with Crippen molar-refractivity contribution in [3.05, 3.63) is 28.2 Å². The summed E-state index contributed by atoms with van der Waals surface area (Å²) < 4.78 is 0. The van der Waals surface area contributed by atoms with Crippen LogP contribution in [0.1, 0.15) is 26.7 Å². The second kappa shape index (κ2) is 5.62. The summed E-state index contributed by atoms with van der Waals surface area (Å²) in [4.78, 5) is 24.4. The van der Waals surface area contributed by atoms with Crippen molar-refractivity contribution in [2.75, 3.05) is 5.32 Å². The molecule has 0 aromatic heterocycles. The Bertz CT molecular complexity index is 534. The first-order valence-corrected chi connectivity index (χ1v) is 7.19. The monoisotopic (exact) mass is 314 g/mol. The average molecular weight is 315 g/mol. The van der Waals surface area contributed by atoms with Gasteiger partial charge in [0.15, 0.2) is 0 Å². The van der Waals surface area contributed by atoms with E-state index in [0.717, 1.165) is 0 Å². The molecule has 2 rings (SSSR count). The molecule has 0 unspecified atom stereocenters. The van der Waals surface area contributed by atoms with E-state index < -0.39 is 5.41 Å². The molecule has 0 saturated heterocycles. The molecular weight excluding hydrogens is 299 g/mol. The maximum atomic E-state index is 12.3. The highest BCUT2D eigenvalue weighted by atomic mass is 35.5. The van der Waals surface area contributed by atoms with E-state index in [-0.39, 0.29) is 17.9 Å². The van der Waals surface area contributed by atoms with Crippen molar-refractivity contribution in [1.29, 1.82) is 0 Å². The van der Waals surface area contributed by atoms with Crippen molar-refractivity contribution in [2.45, 2.75) is 32.7 Å². The molecular formula is C14H16Cl2N2O2. The van der Waals surface area contributed by atoms with Crippen LogP contribution in [0.4, 0.5) is 5.69 Å². The maximum Gasteiger partial charge on any atom is 0.240 e.